The molecule has 0 aromatic heterocycles. The number of ether oxygens (including phenoxy) is 3. The molecule has 1 unspecified atom stereocenters. The number of β-amino-alcohol motifs (C(OH)–C–C–N with tert-alkyl or cyclic N) is 1. The van der Waals surface area contributed by atoms with Crippen LogP contribution in [0.25, 0.3) is 0 Å². The molecule has 5 saturated carbocycles. The van der Waals surface area contributed by atoms with Crippen LogP contribution in [0.2, 0.25) is 0 Å². The van der Waals surface area contributed by atoms with E-state index in [0.717, 1.165) is 107 Å². The highest BCUT2D eigenvalue weighted by Gasteiger charge is 2.53. The number of nitrogens with zero attached hydrogens (tertiary/aromatic N) is 1. The second-order valence-corrected chi connectivity index (χ2v) is 38.3. The Morgan fingerprint density at radius 2 is 0.860 bits per heavy atom. The highest BCUT2D eigenvalue weighted by molar-refractivity contribution is 6.08. The van der Waals surface area contributed by atoms with Crippen molar-refractivity contribution in [1.82, 2.24) is 26.2 Å². The van der Waals surface area contributed by atoms with Crippen LogP contribution in [0.1, 0.15) is 212 Å². The number of carbonyl (C=O) groups excluding carboxylic acids is 15. The van der Waals surface area contributed by atoms with Gasteiger partial charge in [0.15, 0.2) is 40.5 Å². The third-order valence-electron chi connectivity index (χ3n) is 27.3. The first-order valence-corrected chi connectivity index (χ1v) is 46.4. The van der Waals surface area contributed by atoms with Crippen LogP contribution in [0.15, 0.2) is 156 Å². The first kappa shape index (κ1) is 101. The van der Waals surface area contributed by atoms with Gasteiger partial charge in [0.25, 0.3) is 0 Å². The largest absolute Gasteiger partial charge is 0.497 e. The topological polar surface area (TPSA) is 399 Å². The minimum Gasteiger partial charge on any atom is -0.497 e. The van der Waals surface area contributed by atoms with Crippen molar-refractivity contribution in [3.8, 4) is 5.75 Å². The number of hydrogen-bond acceptors (Lipinski definition) is 22. The van der Waals surface area contributed by atoms with Crippen LogP contribution in [0.4, 0.5) is 0 Å². The van der Waals surface area contributed by atoms with E-state index in [1.54, 1.807) is 40.0 Å². The molecule has 0 spiro atoms. The lowest BCUT2D eigenvalue weighted by atomic mass is 9.80. The van der Waals surface area contributed by atoms with Crippen LogP contribution in [0.5, 0.6) is 5.75 Å². The molecule has 4 amide bonds. The predicted molar refractivity (Wildman–Crippen MR) is 484 cm³/mol. The van der Waals surface area contributed by atoms with Crippen LogP contribution < -0.4 is 26.0 Å². The summed E-state index contributed by atoms with van der Waals surface area (Å²) in [6.07, 6.45) is 30.4. The van der Waals surface area contributed by atoms with Gasteiger partial charge in [-0.05, 0) is 150 Å². The number of allylic oxidation sites excluding steroid dienone is 9. The van der Waals surface area contributed by atoms with Crippen molar-refractivity contribution in [1.29, 1.82) is 0 Å². The zero-order valence-electron chi connectivity index (χ0n) is 76.1. The van der Waals surface area contributed by atoms with Gasteiger partial charge in [-0.3, -0.25) is 76.8 Å². The molecule has 7 fully saturated rings. The summed E-state index contributed by atoms with van der Waals surface area (Å²) < 4.78 is 16.1. The van der Waals surface area contributed by atoms with Gasteiger partial charge in [-0.1, -0.05) is 188 Å². The van der Waals surface area contributed by atoms with Crippen molar-refractivity contribution in [2.45, 2.75) is 251 Å². The van der Waals surface area contributed by atoms with Crippen LogP contribution >= 0.6 is 0 Å². The monoisotopic (exact) mass is 1780 g/mol. The van der Waals surface area contributed by atoms with E-state index in [0.29, 0.717) is 75.2 Å². The Morgan fingerprint density at radius 3 is 1.27 bits per heavy atom. The fourth-order valence-corrected chi connectivity index (χ4v) is 17.9. The number of carbonyl (C=O) groups is 15. The molecule has 2 heterocycles. The quantitative estimate of drug-likeness (QED) is 0.0258. The second kappa shape index (κ2) is 47.6. The Kier molecular flexibility index (Phi) is 37.3. The number of morpholine rings is 1. The van der Waals surface area contributed by atoms with Gasteiger partial charge in [-0.2, -0.15) is 0 Å². The maximum Gasteiger partial charge on any atom is 0.248 e. The van der Waals surface area contributed by atoms with Gasteiger partial charge in [-0.25, -0.2) is 0 Å². The van der Waals surface area contributed by atoms with E-state index in [1.165, 1.54) is 68.2 Å². The van der Waals surface area contributed by atoms with Gasteiger partial charge in [-0.15, -0.1) is 0 Å². The average molecular weight is 1780 g/mol. The number of epoxide rings is 1. The molecule has 3 aromatic carbocycles. The number of nitrogens with one attached hydrogen (secondary N) is 4. The number of aliphatic hydroxyl groups excluding tert-OH is 3. The molecule has 696 valence electrons. The number of ketones is 11. The summed E-state index contributed by atoms with van der Waals surface area (Å²) >= 11 is 0. The molecular formula is C103H133N5O21. The van der Waals surface area contributed by atoms with Gasteiger partial charge in [0.1, 0.15) is 46.6 Å². The van der Waals surface area contributed by atoms with E-state index in [-0.39, 0.29) is 160 Å². The Hall–Kier alpha value is -10.1. The second-order valence-electron chi connectivity index (χ2n) is 38.3. The van der Waals surface area contributed by atoms with Gasteiger partial charge >= 0.3 is 0 Å². The fourth-order valence-electron chi connectivity index (χ4n) is 17.9. The molecule has 2 aliphatic heterocycles. The zero-order valence-corrected chi connectivity index (χ0v) is 76.1. The summed E-state index contributed by atoms with van der Waals surface area (Å²) in [5.41, 5.74) is 1.83. The van der Waals surface area contributed by atoms with Crippen LogP contribution in [-0.2, 0) is 101 Å². The van der Waals surface area contributed by atoms with E-state index < -0.39 is 78.7 Å². The highest BCUT2D eigenvalue weighted by Crippen LogP contribution is 2.51. The molecule has 26 nitrogen and oxygen atoms in total. The van der Waals surface area contributed by atoms with Crippen molar-refractivity contribution in [2.75, 3.05) is 59.8 Å². The molecule has 129 heavy (non-hydrogen) atoms. The number of aliphatic hydroxyl groups is 3. The average Bonchev–Trinajstić information content (AvgIpc) is 1.65. The number of amides is 4. The Bertz CT molecular complexity index is 4700. The van der Waals surface area contributed by atoms with E-state index in [1.807, 2.05) is 106 Å². The molecule has 26 heteroatoms. The minimum atomic E-state index is -1.11. The van der Waals surface area contributed by atoms with Gasteiger partial charge in [0, 0.05) is 127 Å². The lowest BCUT2D eigenvalue weighted by Gasteiger charge is -2.29. The van der Waals surface area contributed by atoms with E-state index in [2.05, 4.69) is 26.2 Å². The van der Waals surface area contributed by atoms with Crippen molar-refractivity contribution in [2.24, 2.45) is 57.7 Å². The maximum absolute atomic E-state index is 13.8. The van der Waals surface area contributed by atoms with Crippen molar-refractivity contribution in [3.63, 3.8) is 0 Å². The molecule has 3 aromatic rings. The fraction of sp³-hybridized carbons (Fsp3) is 0.563. The van der Waals surface area contributed by atoms with E-state index in [9.17, 15) is 87.2 Å². The molecule has 11 atom stereocenters. The lowest BCUT2D eigenvalue weighted by molar-refractivity contribution is -0.134. The molecule has 8 aliphatic carbocycles. The first-order valence-electron chi connectivity index (χ1n) is 46.4. The standard InChI is InChI=1S/C33H44N2O7.C24H27NO5.C23H31NO5.C23H31NO4/c1-23(17-27(36)21-35-13-15-41-16-14-35)30(37)20-26(18-25-9-11-28(40-3)12-10-25)32(39)34-29(31(38)33(2)22-42-33)19-24-7-5-4-6-8-24;1-24(10-11-24)22(29)18(12-16-6-3-2-4-7-16)14-21(28)20(15-26)25-23(30)17-8-5-9-19(27)13-17;1-23(9-10-23)21(28)17(11-15-5-2-3-6-15)13-20(27)19(14-25)24-22(29)16-7-4-8-18(26)12-16;1-15(24-22(28)17-8-5-9-19(25)13-17)20(26)14-18(12-16-6-3-4-7-16)21(27)23(2)10-11-23/h4-12,23,26-27,29,36H,13-22H2,1-3H3,(H,34,39);2-9,18,20,26H,10-15H2,1H3,(H,25,30);4,7-8,15,17,19,25H,2-3,5-6,9-14H2,1H3,(H,24,29);5,8-9,15-16,18H,3-4,6-7,10-14H2,1-2H3,(H,24,28)/t23-,26-,27?,29+,33-;18-,20+;17-,19+;15-,18+/m1110/s1. The molecule has 0 bridgehead atoms. The van der Waals surface area contributed by atoms with Crippen molar-refractivity contribution >= 4 is 87.2 Å². The highest BCUT2D eigenvalue weighted by atomic mass is 16.6. The van der Waals surface area contributed by atoms with Gasteiger partial charge < -0.3 is 50.8 Å². The molecular weight excluding hydrogens is 1640 g/mol. The Morgan fingerprint density at radius 1 is 0.473 bits per heavy atom. The lowest BCUT2D eigenvalue weighted by Crippen LogP contribution is -2.49. The van der Waals surface area contributed by atoms with E-state index in [4.69, 9.17) is 14.2 Å². The zero-order chi connectivity index (χ0) is 93.2. The summed E-state index contributed by atoms with van der Waals surface area (Å²) in [6, 6.07) is 22.8. The Balaban J connectivity index is 0.000000182. The number of hydrogen-bond donors (Lipinski definition) is 7. The Labute approximate surface area is 757 Å². The maximum atomic E-state index is 13.8. The number of benzene rings is 3. The summed E-state index contributed by atoms with van der Waals surface area (Å²) in [5, 5.41) is 40.8. The van der Waals surface area contributed by atoms with Gasteiger partial charge in [0.2, 0.25) is 23.6 Å². The molecule has 2 saturated heterocycles. The van der Waals surface area contributed by atoms with Crippen molar-refractivity contribution in [3.05, 3.63) is 173 Å². The molecule has 7 N–H and O–H groups in total. The normalized spacial score (nSPS) is 21.5. The number of methoxy groups -OCH3 is 1. The molecule has 10 aliphatic rings. The predicted octanol–water partition coefficient (Wildman–Crippen LogP) is 10.6. The van der Waals surface area contributed by atoms with Crippen LogP contribution in [0, 0.1) is 57.7 Å². The summed E-state index contributed by atoms with van der Waals surface area (Å²) in [6.45, 7) is 13.6. The minimum absolute atomic E-state index is 0.00329. The van der Waals surface area contributed by atoms with Gasteiger partial charge in [0.05, 0.1) is 58.3 Å². The number of Topliss-reactive ketones (excluding diaryl/α,β-unsaturated/α-hetero) is 8. The summed E-state index contributed by atoms with van der Waals surface area (Å²) in [7, 11) is 1.59. The van der Waals surface area contributed by atoms with Crippen molar-refractivity contribution < 1.29 is 101 Å². The molecule has 0 radical (unpaired) electrons. The molecule has 13 rings (SSSR count). The third kappa shape index (κ3) is 31.0. The summed E-state index contributed by atoms with van der Waals surface area (Å²) in [5.74, 6) is -3.40. The number of rotatable bonds is 45. The summed E-state index contributed by atoms with van der Waals surface area (Å²) in [4.78, 5) is 192. The SMILES string of the molecule is CC1(C(=O)[C@@H](CC(=O)[C@H](CO)NC(=O)C2=CC=CC(=O)C2)CC2CCCC2)CC1.CC1(C(=O)[C@@H](CC(=O)[C@H](CO)NC(=O)C2=CC=CC(=O)C2)Cc2ccccc2)CC1.COc1ccc(C[C@H](CC(=O)[C@H](C)CC(O)CN2CCOCC2)C(=O)N[C@@H](Cc2ccccc2)C(=O)[C@@]2(C)CO2)cc1.C[C@H](NC(=O)C1=CC=CC(=O)C1)C(=O)C[C@@H](CC1CCCC1)C(=O)C1(C)CC1. The first-order chi connectivity index (χ1) is 61.6. The van der Waals surface area contributed by atoms with E-state index >= 15 is 0 Å². The van der Waals surface area contributed by atoms with Crippen LogP contribution in [-0.4, -0.2) is 203 Å². The third-order valence-corrected chi connectivity index (χ3v) is 27.3. The smallest absolute Gasteiger partial charge is 0.248 e. The van der Waals surface area contributed by atoms with Crippen LogP contribution in [0.3, 0.4) is 0 Å².